The zero-order valence-corrected chi connectivity index (χ0v) is 15.0. The molecule has 0 aromatic heterocycles. The molecule has 28 heavy (non-hydrogen) atoms. The largest absolute Gasteiger partial charge is 0.489 e. The minimum absolute atomic E-state index is 0.239. The molecule has 0 aliphatic heterocycles. The Hall–Kier alpha value is -3.73. The summed E-state index contributed by atoms with van der Waals surface area (Å²) in [6, 6.07) is 24.2. The van der Waals surface area contributed by atoms with Crippen LogP contribution < -0.4 is 4.74 Å². The first kappa shape index (κ1) is 19.0. The number of aliphatic carboxylic acids is 1. The van der Waals surface area contributed by atoms with Gasteiger partial charge in [-0.15, -0.1) is 0 Å². The first-order valence-electron chi connectivity index (χ1n) is 8.70. The van der Waals surface area contributed by atoms with Crippen molar-refractivity contribution in [3.05, 3.63) is 90.0 Å². The van der Waals surface area contributed by atoms with E-state index in [0.717, 1.165) is 16.7 Å². The molecule has 0 atom stereocenters. The number of ether oxygens (including phenoxy) is 1. The molecule has 0 amide bonds. The van der Waals surface area contributed by atoms with Gasteiger partial charge in [-0.3, -0.25) is 9.59 Å². The quantitative estimate of drug-likeness (QED) is 0.364. The van der Waals surface area contributed by atoms with Crippen molar-refractivity contribution in [3.63, 3.8) is 0 Å². The zero-order valence-electron chi connectivity index (χ0n) is 15.0. The predicted molar refractivity (Wildman–Crippen MR) is 104 cm³/mol. The highest BCUT2D eigenvalue weighted by Gasteiger charge is 2.18. The van der Waals surface area contributed by atoms with Gasteiger partial charge in [0.2, 0.25) is 5.78 Å². The third-order valence-corrected chi connectivity index (χ3v) is 4.21. The van der Waals surface area contributed by atoms with Crippen molar-refractivity contribution in [2.45, 2.75) is 13.0 Å². The lowest BCUT2D eigenvalue weighted by molar-refractivity contribution is -0.148. The second-order valence-electron chi connectivity index (χ2n) is 6.17. The number of carboxylic acids is 1. The molecule has 140 valence electrons. The molecule has 1 N–H and O–H groups in total. The molecular weight excluding hydrogens is 356 g/mol. The van der Waals surface area contributed by atoms with E-state index >= 15 is 0 Å². The molecule has 3 rings (SSSR count). The van der Waals surface area contributed by atoms with Gasteiger partial charge < -0.3 is 9.84 Å². The second kappa shape index (κ2) is 8.77. The van der Waals surface area contributed by atoms with Crippen molar-refractivity contribution in [1.82, 2.24) is 0 Å². The molecule has 3 aromatic rings. The maximum atomic E-state index is 12.1. The van der Waals surface area contributed by atoms with Gasteiger partial charge in [0.05, 0.1) is 6.42 Å². The molecule has 0 saturated heterocycles. The van der Waals surface area contributed by atoms with Crippen LogP contribution in [0.2, 0.25) is 0 Å². The molecular formula is C23H18O5. The van der Waals surface area contributed by atoms with Crippen molar-refractivity contribution in [3.8, 4) is 16.9 Å². The smallest absolute Gasteiger partial charge is 0.372 e. The first-order chi connectivity index (χ1) is 13.5. The fraction of sp³-hybridized carbons (Fsp3) is 0.0870. The van der Waals surface area contributed by atoms with E-state index in [1.807, 2.05) is 54.6 Å². The summed E-state index contributed by atoms with van der Waals surface area (Å²) >= 11 is 0. The summed E-state index contributed by atoms with van der Waals surface area (Å²) < 4.78 is 5.84. The Bertz CT molecular complexity index is 1010. The lowest BCUT2D eigenvalue weighted by Gasteiger charge is -2.12. The van der Waals surface area contributed by atoms with Gasteiger partial charge in [-0.2, -0.15) is 0 Å². The Kier molecular flexibility index (Phi) is 5.97. The summed E-state index contributed by atoms with van der Waals surface area (Å²) in [7, 11) is 0. The van der Waals surface area contributed by atoms with Crippen LogP contribution in [0.15, 0.2) is 78.9 Å². The van der Waals surface area contributed by atoms with Crippen LogP contribution in [0.4, 0.5) is 0 Å². The van der Waals surface area contributed by atoms with Crippen LogP contribution in [-0.2, 0) is 16.2 Å². The van der Waals surface area contributed by atoms with Crippen molar-refractivity contribution in [2.75, 3.05) is 0 Å². The standard InChI is InChI=1S/C23H18O5/c24-21(14-22(25)23(26)27)17-10-6-11-19(13-17)28-15-18-9-4-5-12-20(18)16-7-2-1-3-8-16/h1-13H,14-15H2,(H,26,27). The summed E-state index contributed by atoms with van der Waals surface area (Å²) in [5, 5.41) is 8.64. The topological polar surface area (TPSA) is 80.7 Å². The monoisotopic (exact) mass is 374 g/mol. The fourth-order valence-electron chi connectivity index (χ4n) is 2.79. The van der Waals surface area contributed by atoms with E-state index in [-0.39, 0.29) is 5.56 Å². The van der Waals surface area contributed by atoms with Crippen molar-refractivity contribution in [2.24, 2.45) is 0 Å². The molecule has 0 bridgehead atoms. The van der Waals surface area contributed by atoms with E-state index in [4.69, 9.17) is 9.84 Å². The Morgan fingerprint density at radius 2 is 1.54 bits per heavy atom. The van der Waals surface area contributed by atoms with Crippen LogP contribution >= 0.6 is 0 Å². The van der Waals surface area contributed by atoms with Crippen LogP contribution in [-0.4, -0.2) is 22.6 Å². The Morgan fingerprint density at radius 1 is 0.821 bits per heavy atom. The van der Waals surface area contributed by atoms with Gasteiger partial charge in [0.15, 0.2) is 5.78 Å². The first-order valence-corrected chi connectivity index (χ1v) is 8.70. The molecule has 0 saturated carbocycles. The summed E-state index contributed by atoms with van der Waals surface area (Å²) in [5.41, 5.74) is 3.37. The summed E-state index contributed by atoms with van der Waals surface area (Å²) in [5.74, 6) is -2.83. The number of carbonyl (C=O) groups excluding carboxylic acids is 2. The maximum Gasteiger partial charge on any atom is 0.372 e. The second-order valence-corrected chi connectivity index (χ2v) is 6.17. The normalized spacial score (nSPS) is 10.3. The molecule has 3 aromatic carbocycles. The van der Waals surface area contributed by atoms with Crippen LogP contribution in [0.1, 0.15) is 22.3 Å². The molecule has 0 fully saturated rings. The number of hydrogen-bond acceptors (Lipinski definition) is 4. The van der Waals surface area contributed by atoms with Gasteiger partial charge in [-0.25, -0.2) is 4.79 Å². The van der Waals surface area contributed by atoms with E-state index in [9.17, 15) is 14.4 Å². The molecule has 0 radical (unpaired) electrons. The third-order valence-electron chi connectivity index (χ3n) is 4.21. The highest BCUT2D eigenvalue weighted by Crippen LogP contribution is 2.25. The summed E-state index contributed by atoms with van der Waals surface area (Å²) in [4.78, 5) is 33.9. The van der Waals surface area contributed by atoms with E-state index in [0.29, 0.717) is 12.4 Å². The molecule has 0 aliphatic rings. The Morgan fingerprint density at radius 3 is 2.29 bits per heavy atom. The number of rotatable bonds is 8. The minimum Gasteiger partial charge on any atom is -0.489 e. The van der Waals surface area contributed by atoms with E-state index in [1.54, 1.807) is 12.1 Å². The van der Waals surface area contributed by atoms with Crippen molar-refractivity contribution >= 4 is 17.5 Å². The Balaban J connectivity index is 1.74. The minimum atomic E-state index is -1.61. The van der Waals surface area contributed by atoms with Crippen LogP contribution in [0.25, 0.3) is 11.1 Å². The molecule has 5 nitrogen and oxygen atoms in total. The number of ketones is 2. The number of carbonyl (C=O) groups is 3. The molecule has 0 heterocycles. The van der Waals surface area contributed by atoms with E-state index in [1.165, 1.54) is 12.1 Å². The molecule has 0 aliphatic carbocycles. The van der Waals surface area contributed by atoms with Crippen molar-refractivity contribution in [1.29, 1.82) is 0 Å². The third kappa shape index (κ3) is 4.71. The lowest BCUT2D eigenvalue weighted by Crippen LogP contribution is -2.17. The van der Waals surface area contributed by atoms with Gasteiger partial charge in [0.25, 0.3) is 0 Å². The molecule has 5 heteroatoms. The highest BCUT2D eigenvalue weighted by molar-refractivity contribution is 6.37. The van der Waals surface area contributed by atoms with Crippen LogP contribution in [0, 0.1) is 0 Å². The summed E-state index contributed by atoms with van der Waals surface area (Å²) in [6.45, 7) is 0.302. The SMILES string of the molecule is O=C(O)C(=O)CC(=O)c1cccc(OCc2ccccc2-c2ccccc2)c1. The van der Waals surface area contributed by atoms with Gasteiger partial charge in [-0.05, 0) is 28.8 Å². The van der Waals surface area contributed by atoms with Gasteiger partial charge in [-0.1, -0.05) is 66.7 Å². The number of hydrogen-bond donors (Lipinski definition) is 1. The summed E-state index contributed by atoms with van der Waals surface area (Å²) in [6.07, 6.45) is -0.671. The van der Waals surface area contributed by atoms with Gasteiger partial charge >= 0.3 is 5.97 Å². The van der Waals surface area contributed by atoms with Crippen LogP contribution in [0.3, 0.4) is 0 Å². The van der Waals surface area contributed by atoms with E-state index in [2.05, 4.69) is 0 Å². The van der Waals surface area contributed by atoms with Gasteiger partial charge in [0, 0.05) is 5.56 Å². The van der Waals surface area contributed by atoms with Crippen molar-refractivity contribution < 1.29 is 24.2 Å². The molecule has 0 spiro atoms. The van der Waals surface area contributed by atoms with Crippen LogP contribution in [0.5, 0.6) is 5.75 Å². The fourth-order valence-corrected chi connectivity index (χ4v) is 2.79. The lowest BCUT2D eigenvalue weighted by atomic mass is 10.0. The van der Waals surface area contributed by atoms with E-state index < -0.39 is 24.0 Å². The predicted octanol–water partition coefficient (Wildman–Crippen LogP) is 4.16. The highest BCUT2D eigenvalue weighted by atomic mass is 16.5. The number of carboxylic acid groups (broad SMARTS) is 1. The Labute approximate surface area is 162 Å². The van der Waals surface area contributed by atoms with Gasteiger partial charge in [0.1, 0.15) is 12.4 Å². The zero-order chi connectivity index (χ0) is 19.9. The average molecular weight is 374 g/mol. The number of benzene rings is 3. The average Bonchev–Trinajstić information content (AvgIpc) is 2.73. The number of Topliss-reactive ketones (excluding diaryl/α,β-unsaturated/α-hetero) is 2. The maximum absolute atomic E-state index is 12.1. The molecule has 0 unspecified atom stereocenters.